The standard InChI is InChI=1S/C19H22N4O/c1-23(19(24)17-13-7-8-14(9-13)18(17)20)11-15-10-16(22-21-15)12-5-3-2-4-6-12/h2-8,10,13-14,17-18H,9,11,20H2,1H3,(H,21,22). The largest absolute Gasteiger partial charge is 0.340 e. The lowest BCUT2D eigenvalue weighted by Gasteiger charge is -2.28. The van der Waals surface area contributed by atoms with Crippen LogP contribution in [0.1, 0.15) is 12.1 Å². The fraction of sp³-hybridized carbons (Fsp3) is 0.368. The zero-order valence-electron chi connectivity index (χ0n) is 13.7. The number of hydrogen-bond donors (Lipinski definition) is 2. The number of aromatic nitrogens is 2. The molecule has 0 aliphatic heterocycles. The first-order valence-electron chi connectivity index (χ1n) is 8.42. The fourth-order valence-electron chi connectivity index (χ4n) is 4.00. The highest BCUT2D eigenvalue weighted by Gasteiger charge is 2.47. The van der Waals surface area contributed by atoms with Crippen molar-refractivity contribution >= 4 is 5.91 Å². The van der Waals surface area contributed by atoms with Gasteiger partial charge in [-0.3, -0.25) is 9.89 Å². The fourth-order valence-corrected chi connectivity index (χ4v) is 4.00. The highest BCUT2D eigenvalue weighted by atomic mass is 16.2. The minimum atomic E-state index is -0.0819. The number of nitrogens with zero attached hydrogens (tertiary/aromatic N) is 2. The Hall–Kier alpha value is -2.40. The van der Waals surface area contributed by atoms with Crippen LogP contribution in [0.15, 0.2) is 48.6 Å². The number of nitrogens with one attached hydrogen (secondary N) is 1. The molecule has 24 heavy (non-hydrogen) atoms. The molecule has 1 saturated carbocycles. The van der Waals surface area contributed by atoms with Crippen LogP contribution < -0.4 is 5.73 Å². The van der Waals surface area contributed by atoms with Gasteiger partial charge in [-0.05, 0) is 24.3 Å². The van der Waals surface area contributed by atoms with Crippen LogP contribution in [0.3, 0.4) is 0 Å². The number of allylic oxidation sites excluding steroid dienone is 1. The third-order valence-electron chi connectivity index (χ3n) is 5.29. The number of hydrogen-bond acceptors (Lipinski definition) is 3. The summed E-state index contributed by atoms with van der Waals surface area (Å²) in [5, 5.41) is 7.39. The van der Waals surface area contributed by atoms with Crippen molar-refractivity contribution in [2.75, 3.05) is 7.05 Å². The van der Waals surface area contributed by atoms with E-state index >= 15 is 0 Å². The van der Waals surface area contributed by atoms with Gasteiger partial charge in [0.2, 0.25) is 5.91 Å². The average molecular weight is 322 g/mol. The van der Waals surface area contributed by atoms with Crippen molar-refractivity contribution in [1.82, 2.24) is 15.1 Å². The lowest BCUT2D eigenvalue weighted by molar-refractivity contribution is -0.136. The van der Waals surface area contributed by atoms with Crippen molar-refractivity contribution < 1.29 is 4.79 Å². The molecule has 3 N–H and O–H groups in total. The van der Waals surface area contributed by atoms with Gasteiger partial charge in [-0.2, -0.15) is 5.10 Å². The molecule has 2 aromatic rings. The van der Waals surface area contributed by atoms with Gasteiger partial charge in [0, 0.05) is 18.7 Å². The molecular formula is C19H22N4O. The molecule has 1 fully saturated rings. The van der Waals surface area contributed by atoms with E-state index in [1.165, 1.54) is 0 Å². The number of rotatable bonds is 4. The van der Waals surface area contributed by atoms with Crippen molar-refractivity contribution in [1.29, 1.82) is 0 Å². The minimum Gasteiger partial charge on any atom is -0.340 e. The monoisotopic (exact) mass is 322 g/mol. The summed E-state index contributed by atoms with van der Waals surface area (Å²) in [5.74, 6) is 0.729. The van der Waals surface area contributed by atoms with E-state index in [1.54, 1.807) is 4.90 Å². The van der Waals surface area contributed by atoms with Gasteiger partial charge in [-0.1, -0.05) is 42.5 Å². The van der Waals surface area contributed by atoms with Crippen molar-refractivity contribution in [3.8, 4) is 11.3 Å². The van der Waals surface area contributed by atoms with Crippen LogP contribution in [0, 0.1) is 17.8 Å². The smallest absolute Gasteiger partial charge is 0.227 e. The Labute approximate surface area is 141 Å². The maximum Gasteiger partial charge on any atom is 0.227 e. The Kier molecular flexibility index (Phi) is 3.73. The number of aromatic amines is 1. The second kappa shape index (κ2) is 5.91. The van der Waals surface area contributed by atoms with Crippen LogP contribution in [0.25, 0.3) is 11.3 Å². The summed E-state index contributed by atoms with van der Waals surface area (Å²) in [7, 11) is 1.84. The van der Waals surface area contributed by atoms with E-state index in [4.69, 9.17) is 5.73 Å². The first kappa shape index (κ1) is 15.1. The number of H-pyrrole nitrogens is 1. The van der Waals surface area contributed by atoms with E-state index in [0.717, 1.165) is 23.4 Å². The molecule has 5 heteroatoms. The molecule has 2 bridgehead atoms. The first-order valence-corrected chi connectivity index (χ1v) is 8.42. The van der Waals surface area contributed by atoms with Crippen LogP contribution in [-0.4, -0.2) is 34.1 Å². The molecule has 0 saturated heterocycles. The highest BCUT2D eigenvalue weighted by molar-refractivity contribution is 5.81. The van der Waals surface area contributed by atoms with Gasteiger partial charge < -0.3 is 10.6 Å². The van der Waals surface area contributed by atoms with E-state index in [1.807, 2.05) is 43.4 Å². The molecule has 4 rings (SSSR count). The normalized spacial score (nSPS) is 27.6. The van der Waals surface area contributed by atoms with Crippen molar-refractivity contribution in [3.05, 3.63) is 54.2 Å². The topological polar surface area (TPSA) is 75.0 Å². The molecule has 2 aliphatic carbocycles. The molecule has 1 aromatic carbocycles. The average Bonchev–Trinajstić information content (AvgIpc) is 3.31. The molecule has 4 unspecified atom stereocenters. The second-order valence-corrected chi connectivity index (χ2v) is 6.89. The van der Waals surface area contributed by atoms with Gasteiger partial charge in [0.15, 0.2) is 0 Å². The quantitative estimate of drug-likeness (QED) is 0.847. The molecule has 124 valence electrons. The third kappa shape index (κ3) is 2.55. The Bertz CT molecular complexity index is 767. The van der Waals surface area contributed by atoms with Crippen LogP contribution in [0.2, 0.25) is 0 Å². The van der Waals surface area contributed by atoms with Gasteiger partial charge in [-0.25, -0.2) is 0 Å². The molecular weight excluding hydrogens is 300 g/mol. The van der Waals surface area contributed by atoms with Gasteiger partial charge in [0.1, 0.15) is 0 Å². The van der Waals surface area contributed by atoms with Crippen LogP contribution in [0.4, 0.5) is 0 Å². The Balaban J connectivity index is 1.45. The van der Waals surface area contributed by atoms with Crippen molar-refractivity contribution in [2.24, 2.45) is 23.5 Å². The van der Waals surface area contributed by atoms with Gasteiger partial charge >= 0.3 is 0 Å². The number of fused-ring (bicyclic) bond motifs is 2. The molecule has 2 aliphatic rings. The second-order valence-electron chi connectivity index (χ2n) is 6.89. The molecule has 1 aromatic heterocycles. The summed E-state index contributed by atoms with van der Waals surface area (Å²) in [6.45, 7) is 0.517. The predicted molar refractivity (Wildman–Crippen MR) is 92.7 cm³/mol. The van der Waals surface area contributed by atoms with Gasteiger partial charge in [-0.15, -0.1) is 0 Å². The summed E-state index contributed by atoms with van der Waals surface area (Å²) in [4.78, 5) is 14.6. The summed E-state index contributed by atoms with van der Waals surface area (Å²) in [6, 6.07) is 12.0. The summed E-state index contributed by atoms with van der Waals surface area (Å²) >= 11 is 0. The van der Waals surface area contributed by atoms with Crippen LogP contribution in [0.5, 0.6) is 0 Å². The predicted octanol–water partition coefficient (Wildman–Crippen LogP) is 2.18. The number of carbonyl (C=O) groups excluding carboxylic acids is 1. The number of benzene rings is 1. The highest BCUT2D eigenvalue weighted by Crippen LogP contribution is 2.43. The van der Waals surface area contributed by atoms with Crippen LogP contribution >= 0.6 is 0 Å². The number of nitrogens with two attached hydrogens (primary N) is 1. The Morgan fingerprint density at radius 2 is 2.04 bits per heavy atom. The van der Waals surface area contributed by atoms with Gasteiger partial charge in [0.05, 0.1) is 23.9 Å². The van der Waals surface area contributed by atoms with E-state index in [2.05, 4.69) is 22.3 Å². The van der Waals surface area contributed by atoms with E-state index in [-0.39, 0.29) is 17.9 Å². The number of carbonyl (C=O) groups is 1. The van der Waals surface area contributed by atoms with E-state index in [0.29, 0.717) is 18.4 Å². The minimum absolute atomic E-state index is 0.0448. The van der Waals surface area contributed by atoms with E-state index in [9.17, 15) is 4.79 Å². The maximum absolute atomic E-state index is 12.8. The molecule has 0 radical (unpaired) electrons. The summed E-state index contributed by atoms with van der Waals surface area (Å²) in [6.07, 6.45) is 5.35. The van der Waals surface area contributed by atoms with Crippen molar-refractivity contribution in [2.45, 2.75) is 19.0 Å². The van der Waals surface area contributed by atoms with Crippen LogP contribution in [-0.2, 0) is 11.3 Å². The van der Waals surface area contributed by atoms with Crippen molar-refractivity contribution in [3.63, 3.8) is 0 Å². The molecule has 4 atom stereocenters. The SMILES string of the molecule is CN(Cc1cc(-c2ccccc2)n[nH]1)C(=O)C1C2C=CC(C2)C1N. The Morgan fingerprint density at radius 1 is 1.29 bits per heavy atom. The maximum atomic E-state index is 12.8. The molecule has 1 amide bonds. The zero-order chi connectivity index (χ0) is 16.7. The first-order chi connectivity index (χ1) is 11.6. The zero-order valence-corrected chi connectivity index (χ0v) is 13.7. The molecule has 0 spiro atoms. The van der Waals surface area contributed by atoms with E-state index < -0.39 is 0 Å². The third-order valence-corrected chi connectivity index (χ3v) is 5.29. The Morgan fingerprint density at radius 3 is 2.75 bits per heavy atom. The summed E-state index contributed by atoms with van der Waals surface area (Å²) < 4.78 is 0. The summed E-state index contributed by atoms with van der Waals surface area (Å²) in [5.41, 5.74) is 9.14. The van der Waals surface area contributed by atoms with Gasteiger partial charge in [0.25, 0.3) is 0 Å². The lowest BCUT2D eigenvalue weighted by Crippen LogP contribution is -2.44. The number of amides is 1. The molecule has 5 nitrogen and oxygen atoms in total. The lowest BCUT2D eigenvalue weighted by atomic mass is 9.88. The molecule has 1 heterocycles.